The molecular formula is C16H25ClN2Si. The van der Waals surface area contributed by atoms with E-state index in [1.807, 2.05) is 12.3 Å². The van der Waals surface area contributed by atoms with Crippen molar-refractivity contribution in [3.05, 3.63) is 29.5 Å². The first kappa shape index (κ1) is 15.6. The van der Waals surface area contributed by atoms with E-state index in [9.17, 15) is 0 Å². The van der Waals surface area contributed by atoms with Crippen LogP contribution in [0.25, 0.3) is 11.0 Å². The van der Waals surface area contributed by atoms with Gasteiger partial charge in [0.1, 0.15) is 10.8 Å². The number of hydrogen-bond acceptors (Lipinski definition) is 1. The highest BCUT2D eigenvalue weighted by Crippen LogP contribution is 2.45. The van der Waals surface area contributed by atoms with Gasteiger partial charge in [0, 0.05) is 11.6 Å². The lowest BCUT2D eigenvalue weighted by Gasteiger charge is -2.44. The first-order valence-corrected chi connectivity index (χ1v) is 10.0. The van der Waals surface area contributed by atoms with Crippen molar-refractivity contribution < 1.29 is 0 Å². The number of pyridine rings is 1. The number of rotatable bonds is 4. The van der Waals surface area contributed by atoms with Gasteiger partial charge in [-0.05, 0) is 34.8 Å². The number of fused-ring (bicyclic) bond motifs is 1. The predicted molar refractivity (Wildman–Crippen MR) is 91.2 cm³/mol. The van der Waals surface area contributed by atoms with E-state index in [1.54, 1.807) is 0 Å². The topological polar surface area (TPSA) is 17.8 Å². The zero-order valence-electron chi connectivity index (χ0n) is 13.3. The van der Waals surface area contributed by atoms with E-state index in [2.05, 4.69) is 62.9 Å². The van der Waals surface area contributed by atoms with Gasteiger partial charge in [0.15, 0.2) is 8.24 Å². The van der Waals surface area contributed by atoms with Crippen LogP contribution in [-0.2, 0) is 0 Å². The van der Waals surface area contributed by atoms with Crippen molar-refractivity contribution in [2.45, 2.75) is 58.2 Å². The van der Waals surface area contributed by atoms with Crippen molar-refractivity contribution in [2.75, 3.05) is 0 Å². The van der Waals surface area contributed by atoms with Crippen molar-refractivity contribution >= 4 is 30.9 Å². The van der Waals surface area contributed by atoms with E-state index in [4.69, 9.17) is 11.6 Å². The molecule has 0 saturated heterocycles. The molecule has 0 N–H and O–H groups in total. The van der Waals surface area contributed by atoms with Gasteiger partial charge >= 0.3 is 0 Å². The maximum atomic E-state index is 6.64. The third-order valence-electron chi connectivity index (χ3n) is 4.68. The smallest absolute Gasteiger partial charge is 0.173 e. The molecule has 2 aromatic rings. The Kier molecular flexibility index (Phi) is 4.31. The lowest BCUT2D eigenvalue weighted by molar-refractivity contribution is 0.770. The maximum absolute atomic E-state index is 6.64. The van der Waals surface area contributed by atoms with E-state index in [1.165, 1.54) is 0 Å². The van der Waals surface area contributed by atoms with Gasteiger partial charge in [0.25, 0.3) is 0 Å². The van der Waals surface area contributed by atoms with Crippen LogP contribution < -0.4 is 0 Å². The molecule has 0 aliphatic rings. The predicted octanol–water partition coefficient (Wildman–Crippen LogP) is 5.71. The first-order valence-electron chi connectivity index (χ1n) is 7.45. The highest BCUT2D eigenvalue weighted by Gasteiger charge is 2.47. The fraction of sp³-hybridized carbons (Fsp3) is 0.562. The van der Waals surface area contributed by atoms with Crippen LogP contribution in [-0.4, -0.2) is 17.5 Å². The van der Waals surface area contributed by atoms with Crippen LogP contribution in [0.5, 0.6) is 0 Å². The van der Waals surface area contributed by atoms with Crippen LogP contribution in [0.15, 0.2) is 24.4 Å². The molecule has 0 spiro atoms. The fourth-order valence-corrected chi connectivity index (χ4v) is 11.3. The van der Waals surface area contributed by atoms with Gasteiger partial charge in [-0.25, -0.2) is 4.98 Å². The highest BCUT2D eigenvalue weighted by molar-refractivity contribution is 6.83. The quantitative estimate of drug-likeness (QED) is 0.661. The number of halogens is 1. The fourth-order valence-electron chi connectivity index (χ4n) is 4.15. The zero-order valence-corrected chi connectivity index (χ0v) is 15.1. The summed E-state index contributed by atoms with van der Waals surface area (Å²) in [6, 6.07) is 6.15. The Morgan fingerprint density at radius 3 is 2.10 bits per heavy atom. The first-order chi connectivity index (χ1) is 9.33. The van der Waals surface area contributed by atoms with Crippen LogP contribution in [0.1, 0.15) is 41.5 Å². The minimum atomic E-state index is -1.84. The van der Waals surface area contributed by atoms with Gasteiger partial charge in [-0.3, -0.25) is 0 Å². The van der Waals surface area contributed by atoms with Gasteiger partial charge in [-0.1, -0.05) is 53.1 Å². The van der Waals surface area contributed by atoms with Crippen molar-refractivity contribution in [1.82, 2.24) is 9.22 Å². The Morgan fingerprint density at radius 2 is 1.60 bits per heavy atom. The molecule has 0 atom stereocenters. The maximum Gasteiger partial charge on any atom is 0.173 e. The van der Waals surface area contributed by atoms with E-state index < -0.39 is 8.24 Å². The number of nitrogens with zero attached hydrogens (tertiary/aromatic N) is 2. The summed E-state index contributed by atoms with van der Waals surface area (Å²) in [5, 5.41) is 2.00. The van der Waals surface area contributed by atoms with Crippen LogP contribution in [0.2, 0.25) is 21.8 Å². The molecule has 0 aliphatic carbocycles. The van der Waals surface area contributed by atoms with Crippen LogP contribution >= 0.6 is 11.6 Å². The average molecular weight is 309 g/mol. The SMILES string of the molecule is CC(C)[Si](C(C)C)(C(C)C)n1c(Cl)cc2cccnc21. The molecule has 2 heterocycles. The summed E-state index contributed by atoms with van der Waals surface area (Å²) < 4.78 is 2.41. The molecular weight excluding hydrogens is 284 g/mol. The Bertz CT molecular complexity index is 580. The monoisotopic (exact) mass is 308 g/mol. The van der Waals surface area contributed by atoms with E-state index in [0.29, 0.717) is 16.6 Å². The zero-order chi connectivity index (χ0) is 15.1. The third kappa shape index (κ3) is 2.11. The van der Waals surface area contributed by atoms with Crippen molar-refractivity contribution in [2.24, 2.45) is 0 Å². The lowest BCUT2D eigenvalue weighted by atomic mass is 10.3. The Balaban J connectivity index is 2.85. The molecule has 0 aliphatic heterocycles. The van der Waals surface area contributed by atoms with Crippen LogP contribution in [0, 0.1) is 0 Å². The summed E-state index contributed by atoms with van der Waals surface area (Å²) in [5.41, 5.74) is 2.88. The second kappa shape index (κ2) is 5.53. The molecule has 0 aromatic carbocycles. The van der Waals surface area contributed by atoms with Gasteiger partial charge in [-0.15, -0.1) is 0 Å². The Morgan fingerprint density at radius 1 is 1.05 bits per heavy atom. The van der Waals surface area contributed by atoms with Gasteiger partial charge in [0.2, 0.25) is 0 Å². The highest BCUT2D eigenvalue weighted by atomic mass is 35.5. The largest absolute Gasteiger partial charge is 0.343 e. The van der Waals surface area contributed by atoms with Crippen molar-refractivity contribution in [3.8, 4) is 0 Å². The number of hydrogen-bond donors (Lipinski definition) is 0. The van der Waals surface area contributed by atoms with Crippen molar-refractivity contribution in [1.29, 1.82) is 0 Å². The summed E-state index contributed by atoms with van der Waals surface area (Å²) in [7, 11) is -1.84. The summed E-state index contributed by atoms with van der Waals surface area (Å²) in [6.07, 6.45) is 1.87. The molecule has 2 nitrogen and oxygen atoms in total. The molecule has 0 fully saturated rings. The minimum absolute atomic E-state index is 0.609. The lowest BCUT2D eigenvalue weighted by Crippen LogP contribution is -2.52. The normalized spacial score (nSPS) is 13.1. The Labute approximate surface area is 128 Å². The minimum Gasteiger partial charge on any atom is -0.343 e. The van der Waals surface area contributed by atoms with Gasteiger partial charge < -0.3 is 4.23 Å². The molecule has 2 rings (SSSR count). The standard InChI is InChI=1S/C16H25ClN2Si/c1-11(2)20(12(3)4,13(5)6)19-15(17)10-14-8-7-9-18-16(14)19/h7-13H,1-6H3. The molecule has 0 amide bonds. The molecule has 0 bridgehead atoms. The van der Waals surface area contributed by atoms with Gasteiger partial charge in [0.05, 0.1) is 0 Å². The van der Waals surface area contributed by atoms with E-state index in [0.717, 1.165) is 16.2 Å². The molecule has 20 heavy (non-hydrogen) atoms. The molecule has 0 saturated carbocycles. The summed E-state index contributed by atoms with van der Waals surface area (Å²) >= 11 is 6.64. The molecule has 110 valence electrons. The Hall–Kier alpha value is -0.803. The summed E-state index contributed by atoms with van der Waals surface area (Å²) in [5.74, 6) is 0. The molecule has 0 radical (unpaired) electrons. The molecule has 4 heteroatoms. The second-order valence-corrected chi connectivity index (χ2v) is 12.6. The van der Waals surface area contributed by atoms with Crippen molar-refractivity contribution in [3.63, 3.8) is 0 Å². The third-order valence-corrected chi connectivity index (χ3v) is 11.9. The number of aromatic nitrogens is 2. The molecule has 0 unspecified atom stereocenters. The van der Waals surface area contributed by atoms with Crippen LogP contribution in [0.3, 0.4) is 0 Å². The van der Waals surface area contributed by atoms with Gasteiger partial charge in [-0.2, -0.15) is 0 Å². The van der Waals surface area contributed by atoms with Crippen LogP contribution in [0.4, 0.5) is 0 Å². The van der Waals surface area contributed by atoms with E-state index in [-0.39, 0.29) is 0 Å². The second-order valence-electron chi connectivity index (χ2n) is 6.57. The molecule has 2 aromatic heterocycles. The average Bonchev–Trinajstić information content (AvgIpc) is 2.66. The van der Waals surface area contributed by atoms with E-state index >= 15 is 0 Å². The summed E-state index contributed by atoms with van der Waals surface area (Å²) in [4.78, 5) is 4.63. The summed E-state index contributed by atoms with van der Waals surface area (Å²) in [6.45, 7) is 14.1.